The molecule has 5 nitrogen and oxygen atoms in total. The molecule has 136 valence electrons. The molecule has 4 aromatic rings. The number of rotatable bonds is 4. The summed E-state index contributed by atoms with van der Waals surface area (Å²) in [5, 5.41) is 1.14. The molecule has 0 aliphatic rings. The van der Waals surface area contributed by atoms with E-state index in [0.717, 1.165) is 28.9 Å². The van der Waals surface area contributed by atoms with Crippen LogP contribution in [0.25, 0.3) is 16.6 Å². The van der Waals surface area contributed by atoms with E-state index in [4.69, 9.17) is 0 Å². The zero-order valence-corrected chi connectivity index (χ0v) is 15.8. The third kappa shape index (κ3) is 2.81. The quantitative estimate of drug-likeness (QED) is 0.504. The van der Waals surface area contributed by atoms with Gasteiger partial charge in [-0.15, -0.1) is 0 Å². The van der Waals surface area contributed by atoms with Gasteiger partial charge in [0.25, 0.3) is 5.56 Å². The number of hydrogen-bond acceptors (Lipinski definition) is 2. The number of aromatic nitrogens is 3. The van der Waals surface area contributed by atoms with Crippen molar-refractivity contribution < 1.29 is 0 Å². The number of nitrogens with zero attached hydrogens (tertiary/aromatic N) is 4. The van der Waals surface area contributed by atoms with Gasteiger partial charge in [0, 0.05) is 42.5 Å². The normalized spacial score (nSPS) is 11.7. The van der Waals surface area contributed by atoms with Crippen LogP contribution in [0.2, 0.25) is 0 Å². The molecule has 0 saturated carbocycles. The molecule has 0 atom stereocenters. The van der Waals surface area contributed by atoms with Crippen LogP contribution >= 0.6 is 0 Å². The molecule has 0 N–H and O–H groups in total. The Labute approximate surface area is 157 Å². The standard InChI is InChI=1S/C22H22N4O/c1-4-25-15-17(19-12-8-9-13-20(19)25)14-23-21-16(2)24(3)26(22(21)27)18-10-6-5-7-11-18/h5-15H,4H2,1-3H3. The number of aryl methyl sites for hydroxylation is 1. The van der Waals surface area contributed by atoms with Crippen molar-refractivity contribution in [2.75, 3.05) is 0 Å². The molecular formula is C22H22N4O. The van der Waals surface area contributed by atoms with Gasteiger partial charge >= 0.3 is 0 Å². The fraction of sp³-hybridized carbons (Fsp3) is 0.182. The Morgan fingerprint density at radius 3 is 2.48 bits per heavy atom. The van der Waals surface area contributed by atoms with Gasteiger partial charge in [-0.05, 0) is 32.0 Å². The summed E-state index contributed by atoms with van der Waals surface area (Å²) in [6.07, 6.45) is 3.88. The highest BCUT2D eigenvalue weighted by Gasteiger charge is 2.15. The van der Waals surface area contributed by atoms with E-state index >= 15 is 0 Å². The molecule has 0 spiro atoms. The second-order valence-corrected chi connectivity index (χ2v) is 6.56. The second kappa shape index (κ2) is 6.76. The van der Waals surface area contributed by atoms with Crippen LogP contribution in [0, 0.1) is 6.92 Å². The van der Waals surface area contributed by atoms with Crippen molar-refractivity contribution in [2.45, 2.75) is 20.4 Å². The minimum absolute atomic E-state index is 0.114. The molecule has 0 aliphatic heterocycles. The maximum absolute atomic E-state index is 13.0. The molecule has 0 unspecified atom stereocenters. The molecule has 0 radical (unpaired) electrons. The van der Waals surface area contributed by atoms with Crippen LogP contribution in [0.1, 0.15) is 18.2 Å². The van der Waals surface area contributed by atoms with E-state index in [1.54, 1.807) is 10.9 Å². The van der Waals surface area contributed by atoms with Crippen LogP contribution in [0.15, 0.2) is 70.6 Å². The summed E-state index contributed by atoms with van der Waals surface area (Å²) < 4.78 is 5.69. The topological polar surface area (TPSA) is 44.2 Å². The SMILES string of the molecule is CCn1cc(C=Nc2c(C)n(C)n(-c3ccccc3)c2=O)c2ccccc21. The van der Waals surface area contributed by atoms with Crippen LogP contribution in [0.5, 0.6) is 0 Å². The molecule has 27 heavy (non-hydrogen) atoms. The predicted molar refractivity (Wildman–Crippen MR) is 111 cm³/mol. The van der Waals surface area contributed by atoms with E-state index in [9.17, 15) is 4.79 Å². The average Bonchev–Trinajstić information content (AvgIpc) is 3.16. The molecule has 0 amide bonds. The van der Waals surface area contributed by atoms with Crippen molar-refractivity contribution in [1.29, 1.82) is 0 Å². The van der Waals surface area contributed by atoms with Gasteiger partial charge in [0.05, 0.1) is 11.4 Å². The number of benzene rings is 2. The number of aliphatic imine (C=N–C) groups is 1. The van der Waals surface area contributed by atoms with Crippen LogP contribution in [0.3, 0.4) is 0 Å². The van der Waals surface area contributed by atoms with Crippen LogP contribution < -0.4 is 5.56 Å². The molecule has 2 aromatic carbocycles. The summed E-state index contributed by atoms with van der Waals surface area (Å²) in [6.45, 7) is 4.93. The van der Waals surface area contributed by atoms with Crippen LogP contribution in [-0.2, 0) is 13.6 Å². The van der Waals surface area contributed by atoms with Crippen molar-refractivity contribution in [2.24, 2.45) is 12.0 Å². The highest BCUT2D eigenvalue weighted by molar-refractivity contribution is 6.00. The van der Waals surface area contributed by atoms with Crippen molar-refractivity contribution in [1.82, 2.24) is 13.9 Å². The van der Waals surface area contributed by atoms with E-state index in [1.807, 2.05) is 61.1 Å². The summed E-state index contributed by atoms with van der Waals surface area (Å²) in [7, 11) is 1.88. The van der Waals surface area contributed by atoms with Crippen LogP contribution in [-0.4, -0.2) is 20.1 Å². The van der Waals surface area contributed by atoms with E-state index in [1.165, 1.54) is 5.52 Å². The van der Waals surface area contributed by atoms with Gasteiger partial charge in [0.1, 0.15) is 0 Å². The molecule has 2 heterocycles. The van der Waals surface area contributed by atoms with Gasteiger partial charge in [0.15, 0.2) is 5.69 Å². The lowest BCUT2D eigenvalue weighted by Crippen LogP contribution is -2.19. The van der Waals surface area contributed by atoms with Gasteiger partial charge < -0.3 is 4.57 Å². The second-order valence-electron chi connectivity index (χ2n) is 6.56. The molecule has 5 heteroatoms. The minimum Gasteiger partial charge on any atom is -0.347 e. The number of para-hydroxylation sites is 2. The van der Waals surface area contributed by atoms with Crippen molar-refractivity contribution in [3.05, 3.63) is 82.4 Å². The molecule has 0 bridgehead atoms. The first-order valence-corrected chi connectivity index (χ1v) is 9.07. The lowest BCUT2D eigenvalue weighted by Gasteiger charge is -2.07. The van der Waals surface area contributed by atoms with E-state index in [-0.39, 0.29) is 5.56 Å². The van der Waals surface area contributed by atoms with Gasteiger partial charge in [0.2, 0.25) is 0 Å². The summed E-state index contributed by atoms with van der Waals surface area (Å²) in [6, 6.07) is 17.9. The summed E-state index contributed by atoms with van der Waals surface area (Å²) >= 11 is 0. The lowest BCUT2D eigenvalue weighted by molar-refractivity contribution is 0.630. The fourth-order valence-electron chi connectivity index (χ4n) is 3.48. The Morgan fingerprint density at radius 1 is 1.04 bits per heavy atom. The highest BCUT2D eigenvalue weighted by Crippen LogP contribution is 2.22. The Hall–Kier alpha value is -3.34. The first-order chi connectivity index (χ1) is 13.1. The van der Waals surface area contributed by atoms with E-state index in [0.29, 0.717) is 5.69 Å². The Kier molecular flexibility index (Phi) is 4.28. The molecule has 0 fully saturated rings. The maximum atomic E-state index is 13.0. The first-order valence-electron chi connectivity index (χ1n) is 9.07. The van der Waals surface area contributed by atoms with Crippen LogP contribution in [0.4, 0.5) is 5.69 Å². The molecular weight excluding hydrogens is 336 g/mol. The van der Waals surface area contributed by atoms with Crippen molar-refractivity contribution in [3.63, 3.8) is 0 Å². The number of hydrogen-bond donors (Lipinski definition) is 0. The number of fused-ring (bicyclic) bond motifs is 1. The molecule has 0 saturated heterocycles. The van der Waals surface area contributed by atoms with Gasteiger partial charge in [-0.1, -0.05) is 36.4 Å². The third-order valence-corrected chi connectivity index (χ3v) is 5.02. The Morgan fingerprint density at radius 2 is 1.74 bits per heavy atom. The first kappa shape index (κ1) is 17.1. The van der Waals surface area contributed by atoms with E-state index in [2.05, 4.69) is 34.8 Å². The minimum atomic E-state index is -0.114. The maximum Gasteiger partial charge on any atom is 0.297 e. The van der Waals surface area contributed by atoms with Crippen molar-refractivity contribution >= 4 is 22.8 Å². The van der Waals surface area contributed by atoms with Gasteiger partial charge in [-0.25, -0.2) is 9.67 Å². The largest absolute Gasteiger partial charge is 0.347 e. The zero-order valence-electron chi connectivity index (χ0n) is 15.8. The van der Waals surface area contributed by atoms with Crippen molar-refractivity contribution in [3.8, 4) is 5.69 Å². The summed E-state index contributed by atoms with van der Waals surface area (Å²) in [5.74, 6) is 0. The van der Waals surface area contributed by atoms with Gasteiger partial charge in [-0.2, -0.15) is 0 Å². The monoisotopic (exact) mass is 358 g/mol. The van der Waals surface area contributed by atoms with E-state index < -0.39 is 0 Å². The lowest BCUT2D eigenvalue weighted by atomic mass is 10.2. The Balaban J connectivity index is 1.82. The molecule has 0 aliphatic carbocycles. The smallest absolute Gasteiger partial charge is 0.297 e. The predicted octanol–water partition coefficient (Wildman–Crippen LogP) is 4.21. The fourth-order valence-corrected chi connectivity index (χ4v) is 3.48. The summed E-state index contributed by atoms with van der Waals surface area (Å²) in [4.78, 5) is 17.6. The molecule has 2 aromatic heterocycles. The molecule has 4 rings (SSSR count). The Bertz CT molecular complexity index is 1190. The highest BCUT2D eigenvalue weighted by atomic mass is 16.1. The van der Waals surface area contributed by atoms with Gasteiger partial charge in [-0.3, -0.25) is 9.48 Å². The summed E-state index contributed by atoms with van der Waals surface area (Å²) in [5.41, 5.74) is 4.21. The third-order valence-electron chi connectivity index (χ3n) is 5.02. The zero-order chi connectivity index (χ0) is 19.0. The average molecular weight is 358 g/mol.